The Morgan fingerprint density at radius 1 is 1.15 bits per heavy atom. The van der Waals surface area contributed by atoms with E-state index < -0.39 is 0 Å². The van der Waals surface area contributed by atoms with Crippen molar-refractivity contribution in [2.24, 2.45) is 4.99 Å². The van der Waals surface area contributed by atoms with E-state index in [0.717, 1.165) is 5.56 Å². The van der Waals surface area contributed by atoms with Crippen molar-refractivity contribution in [3.05, 3.63) is 52.0 Å². The van der Waals surface area contributed by atoms with Gasteiger partial charge in [0.15, 0.2) is 0 Å². The summed E-state index contributed by atoms with van der Waals surface area (Å²) >= 11 is 11.8. The van der Waals surface area contributed by atoms with Gasteiger partial charge in [-0.15, -0.1) is 0 Å². The van der Waals surface area contributed by atoms with E-state index in [1.54, 1.807) is 36.5 Å². The quantitative estimate of drug-likeness (QED) is 0.820. The maximum absolute atomic E-state index is 9.86. The normalized spacial score (nSPS) is 10.9. The van der Waals surface area contributed by atoms with Crippen LogP contribution in [0.5, 0.6) is 11.5 Å². The first kappa shape index (κ1) is 14.7. The Hall–Kier alpha value is -1.71. The third kappa shape index (κ3) is 3.89. The minimum Gasteiger partial charge on any atom is -0.506 e. The molecule has 20 heavy (non-hydrogen) atoms. The summed E-state index contributed by atoms with van der Waals surface area (Å²) in [7, 11) is 0. The minimum absolute atomic E-state index is 0.0559. The molecule has 2 aromatic rings. The topological polar surface area (TPSA) is 41.8 Å². The Morgan fingerprint density at radius 2 is 1.85 bits per heavy atom. The molecule has 0 fully saturated rings. The molecular weight excluding hydrogens is 297 g/mol. The molecular formula is C15H13Cl2NO2. The summed E-state index contributed by atoms with van der Waals surface area (Å²) in [5.74, 6) is 0.662. The van der Waals surface area contributed by atoms with Crippen LogP contribution in [-0.2, 0) is 0 Å². The third-order valence-corrected chi connectivity index (χ3v) is 2.93. The van der Waals surface area contributed by atoms with E-state index in [0.29, 0.717) is 28.1 Å². The lowest BCUT2D eigenvalue weighted by atomic mass is 10.2. The fraction of sp³-hybridized carbons (Fsp3) is 0.133. The second-order valence-electron chi connectivity index (χ2n) is 4.04. The molecule has 0 radical (unpaired) electrons. The molecule has 0 spiro atoms. The van der Waals surface area contributed by atoms with Crippen molar-refractivity contribution in [1.82, 2.24) is 0 Å². The summed E-state index contributed by atoms with van der Waals surface area (Å²) in [5, 5.41) is 10.9. The summed E-state index contributed by atoms with van der Waals surface area (Å²) in [5.41, 5.74) is 1.21. The molecule has 3 nitrogen and oxygen atoms in total. The second-order valence-corrected chi connectivity index (χ2v) is 4.92. The highest BCUT2D eigenvalue weighted by Gasteiger charge is 2.02. The van der Waals surface area contributed by atoms with Gasteiger partial charge >= 0.3 is 0 Å². The number of nitrogens with zero attached hydrogens (tertiary/aromatic N) is 1. The van der Waals surface area contributed by atoms with Crippen LogP contribution in [0.2, 0.25) is 10.0 Å². The fourth-order valence-electron chi connectivity index (χ4n) is 1.66. The highest BCUT2D eigenvalue weighted by molar-refractivity contribution is 6.35. The second kappa shape index (κ2) is 6.64. The number of phenolic OH excluding ortho intramolecular Hbond substituents is 1. The molecule has 0 aliphatic carbocycles. The van der Waals surface area contributed by atoms with Crippen molar-refractivity contribution >= 4 is 35.1 Å². The van der Waals surface area contributed by atoms with Crippen LogP contribution in [0.3, 0.4) is 0 Å². The molecule has 0 saturated heterocycles. The molecule has 0 aromatic heterocycles. The van der Waals surface area contributed by atoms with Crippen LogP contribution in [0.15, 0.2) is 41.4 Å². The molecule has 0 amide bonds. The van der Waals surface area contributed by atoms with Gasteiger partial charge in [0, 0.05) is 22.3 Å². The molecule has 0 unspecified atom stereocenters. The van der Waals surface area contributed by atoms with Gasteiger partial charge in [0.2, 0.25) is 0 Å². The van der Waals surface area contributed by atoms with Gasteiger partial charge in [0.05, 0.1) is 6.61 Å². The number of phenols is 1. The van der Waals surface area contributed by atoms with Gasteiger partial charge < -0.3 is 9.84 Å². The predicted molar refractivity (Wildman–Crippen MR) is 83.0 cm³/mol. The van der Waals surface area contributed by atoms with Crippen LogP contribution in [0.4, 0.5) is 5.69 Å². The highest BCUT2D eigenvalue weighted by atomic mass is 35.5. The zero-order valence-corrected chi connectivity index (χ0v) is 12.3. The molecule has 0 saturated carbocycles. The van der Waals surface area contributed by atoms with Gasteiger partial charge in [-0.25, -0.2) is 0 Å². The van der Waals surface area contributed by atoms with Gasteiger partial charge in [-0.3, -0.25) is 4.99 Å². The first-order valence-electron chi connectivity index (χ1n) is 6.04. The van der Waals surface area contributed by atoms with Gasteiger partial charge in [-0.2, -0.15) is 0 Å². The number of hydrogen-bond donors (Lipinski definition) is 1. The van der Waals surface area contributed by atoms with E-state index in [4.69, 9.17) is 27.9 Å². The average molecular weight is 310 g/mol. The van der Waals surface area contributed by atoms with Crippen molar-refractivity contribution in [1.29, 1.82) is 0 Å². The number of hydrogen-bond acceptors (Lipinski definition) is 3. The Labute approximate surface area is 127 Å². The van der Waals surface area contributed by atoms with Crippen LogP contribution in [0.25, 0.3) is 0 Å². The Morgan fingerprint density at radius 3 is 2.45 bits per heavy atom. The lowest BCUT2D eigenvalue weighted by molar-refractivity contribution is 0.338. The van der Waals surface area contributed by atoms with E-state index in [9.17, 15) is 5.11 Å². The van der Waals surface area contributed by atoms with Crippen molar-refractivity contribution < 1.29 is 9.84 Å². The summed E-state index contributed by atoms with van der Waals surface area (Å²) in [4.78, 5) is 4.21. The predicted octanol–water partition coefficient (Wildman–Crippen LogP) is 4.85. The molecule has 0 heterocycles. The molecule has 0 atom stereocenters. The molecule has 5 heteroatoms. The maximum Gasteiger partial charge on any atom is 0.144 e. The van der Waals surface area contributed by atoms with Crippen LogP contribution in [0.1, 0.15) is 12.5 Å². The number of benzene rings is 2. The zero-order chi connectivity index (χ0) is 14.5. The van der Waals surface area contributed by atoms with Crippen LogP contribution in [-0.4, -0.2) is 17.9 Å². The number of aromatic hydroxyl groups is 1. The molecule has 104 valence electrons. The van der Waals surface area contributed by atoms with Crippen LogP contribution in [0, 0.1) is 0 Å². The standard InChI is InChI=1S/C15H13Cl2NO2/c1-2-20-13-3-4-14(15(19)8-13)18-9-10-5-11(16)7-12(17)6-10/h3-9,19H,2H2,1H3. The first-order chi connectivity index (χ1) is 9.58. The van der Waals surface area contributed by atoms with E-state index in [1.807, 2.05) is 6.92 Å². The minimum atomic E-state index is 0.0559. The molecule has 2 aromatic carbocycles. The van der Waals surface area contributed by atoms with Gasteiger partial charge in [-0.05, 0) is 42.8 Å². The lowest BCUT2D eigenvalue weighted by Gasteiger charge is -2.04. The molecule has 1 N–H and O–H groups in total. The summed E-state index contributed by atoms with van der Waals surface area (Å²) in [6.45, 7) is 2.43. The third-order valence-electron chi connectivity index (χ3n) is 2.50. The lowest BCUT2D eigenvalue weighted by Crippen LogP contribution is -1.90. The van der Waals surface area contributed by atoms with E-state index >= 15 is 0 Å². The van der Waals surface area contributed by atoms with E-state index in [2.05, 4.69) is 4.99 Å². The van der Waals surface area contributed by atoms with Crippen molar-refractivity contribution in [2.75, 3.05) is 6.61 Å². The van der Waals surface area contributed by atoms with Gasteiger partial charge in [-0.1, -0.05) is 23.2 Å². The maximum atomic E-state index is 9.86. The average Bonchev–Trinajstić information content (AvgIpc) is 2.37. The van der Waals surface area contributed by atoms with Gasteiger partial charge in [0.25, 0.3) is 0 Å². The number of rotatable bonds is 4. The Balaban J connectivity index is 2.22. The van der Waals surface area contributed by atoms with Crippen LogP contribution < -0.4 is 4.74 Å². The SMILES string of the molecule is CCOc1ccc(N=Cc2cc(Cl)cc(Cl)c2)c(O)c1. The van der Waals surface area contributed by atoms with Crippen molar-refractivity contribution in [2.45, 2.75) is 6.92 Å². The van der Waals surface area contributed by atoms with E-state index in [-0.39, 0.29) is 5.75 Å². The molecule has 0 aliphatic heterocycles. The fourth-order valence-corrected chi connectivity index (χ4v) is 2.21. The molecule has 0 bridgehead atoms. The molecule has 2 rings (SSSR count). The number of halogens is 2. The highest BCUT2D eigenvalue weighted by Crippen LogP contribution is 2.30. The van der Waals surface area contributed by atoms with Crippen LogP contribution >= 0.6 is 23.2 Å². The van der Waals surface area contributed by atoms with Crippen molar-refractivity contribution in [3.63, 3.8) is 0 Å². The van der Waals surface area contributed by atoms with Gasteiger partial charge in [0.1, 0.15) is 17.2 Å². The summed E-state index contributed by atoms with van der Waals surface area (Å²) in [6, 6.07) is 10.1. The number of aliphatic imine (C=N–C) groups is 1. The van der Waals surface area contributed by atoms with Crippen molar-refractivity contribution in [3.8, 4) is 11.5 Å². The monoisotopic (exact) mass is 309 g/mol. The zero-order valence-electron chi connectivity index (χ0n) is 10.8. The van der Waals surface area contributed by atoms with E-state index in [1.165, 1.54) is 6.07 Å². The Bertz CT molecular complexity index is 622. The largest absolute Gasteiger partial charge is 0.506 e. The summed E-state index contributed by atoms with van der Waals surface area (Å²) in [6.07, 6.45) is 1.59. The first-order valence-corrected chi connectivity index (χ1v) is 6.80. The smallest absolute Gasteiger partial charge is 0.144 e. The molecule has 0 aliphatic rings. The Kier molecular flexibility index (Phi) is 4.88. The summed E-state index contributed by atoms with van der Waals surface area (Å²) < 4.78 is 5.29. The number of ether oxygens (including phenoxy) is 1.